The van der Waals surface area contributed by atoms with Crippen molar-refractivity contribution in [2.24, 2.45) is 5.41 Å². The largest absolute Gasteiger partial charge is 0.371 e. The summed E-state index contributed by atoms with van der Waals surface area (Å²) in [5.74, 6) is 0. The Labute approximate surface area is 117 Å². The van der Waals surface area contributed by atoms with Crippen molar-refractivity contribution in [3.8, 4) is 0 Å². The van der Waals surface area contributed by atoms with E-state index in [0.717, 1.165) is 0 Å². The monoisotopic (exact) mass is 258 g/mol. The lowest BCUT2D eigenvalue weighted by Gasteiger charge is -2.39. The lowest BCUT2D eigenvalue weighted by atomic mass is 9.82. The van der Waals surface area contributed by atoms with E-state index in [2.05, 4.69) is 41.4 Å². The molecule has 1 aromatic rings. The molecule has 0 aromatic heterocycles. The van der Waals surface area contributed by atoms with Crippen LogP contribution in [0.3, 0.4) is 0 Å². The molecule has 1 unspecified atom stereocenters. The first-order valence-electron chi connectivity index (χ1n) is 7.80. The van der Waals surface area contributed by atoms with Crippen LogP contribution >= 0.6 is 0 Å². The molecule has 19 heavy (non-hydrogen) atoms. The topological polar surface area (TPSA) is 15.3 Å². The molecule has 2 aliphatic rings. The third-order valence-corrected chi connectivity index (χ3v) is 4.71. The number of nitrogens with one attached hydrogen (secondary N) is 1. The third kappa shape index (κ3) is 2.94. The minimum atomic E-state index is 0.440. The number of benzene rings is 1. The van der Waals surface area contributed by atoms with Crippen LogP contribution in [0.1, 0.15) is 38.2 Å². The highest BCUT2D eigenvalue weighted by Gasteiger charge is 2.30. The second-order valence-electron chi connectivity index (χ2n) is 6.60. The fourth-order valence-corrected chi connectivity index (χ4v) is 3.65. The first-order chi connectivity index (χ1) is 9.27. The second-order valence-corrected chi connectivity index (χ2v) is 6.60. The van der Waals surface area contributed by atoms with E-state index in [1.165, 1.54) is 64.0 Å². The molecule has 2 aliphatic heterocycles. The molecule has 1 fully saturated rings. The molecule has 1 N–H and O–H groups in total. The van der Waals surface area contributed by atoms with Gasteiger partial charge in [0.05, 0.1) is 0 Å². The number of para-hydroxylation sites is 1. The van der Waals surface area contributed by atoms with Crippen LogP contribution < -0.4 is 10.2 Å². The highest BCUT2D eigenvalue weighted by molar-refractivity contribution is 5.54. The maximum absolute atomic E-state index is 3.58. The summed E-state index contributed by atoms with van der Waals surface area (Å²) in [4.78, 5) is 2.65. The van der Waals surface area contributed by atoms with E-state index in [1.807, 2.05) is 0 Å². The van der Waals surface area contributed by atoms with Crippen LogP contribution in [0, 0.1) is 5.41 Å². The Hall–Kier alpha value is -1.02. The standard InChI is InChI=1S/C17H26N2/c1-17(10-6-11-18-13-17)14-19-12-5-4-8-15-7-2-3-9-16(15)19/h2-3,7,9,18H,4-6,8,10-14H2,1H3. The maximum Gasteiger partial charge on any atom is 0.0398 e. The van der Waals surface area contributed by atoms with Crippen molar-refractivity contribution in [2.45, 2.75) is 39.0 Å². The maximum atomic E-state index is 3.58. The van der Waals surface area contributed by atoms with Crippen LogP contribution in [0.25, 0.3) is 0 Å². The summed E-state index contributed by atoms with van der Waals surface area (Å²) in [5, 5.41) is 3.58. The van der Waals surface area contributed by atoms with E-state index in [4.69, 9.17) is 0 Å². The lowest BCUT2D eigenvalue weighted by molar-refractivity contribution is 0.240. The fourth-order valence-electron chi connectivity index (χ4n) is 3.65. The average molecular weight is 258 g/mol. The van der Waals surface area contributed by atoms with Crippen molar-refractivity contribution < 1.29 is 0 Å². The zero-order valence-corrected chi connectivity index (χ0v) is 12.1. The van der Waals surface area contributed by atoms with Gasteiger partial charge in [-0.05, 0) is 55.7 Å². The molecule has 1 saturated heterocycles. The summed E-state index contributed by atoms with van der Waals surface area (Å²) in [6.07, 6.45) is 6.60. The molecule has 0 aliphatic carbocycles. The molecule has 2 heterocycles. The molecule has 0 saturated carbocycles. The van der Waals surface area contributed by atoms with Crippen molar-refractivity contribution in [1.82, 2.24) is 5.32 Å². The van der Waals surface area contributed by atoms with Gasteiger partial charge in [0.15, 0.2) is 0 Å². The number of fused-ring (bicyclic) bond motifs is 1. The van der Waals surface area contributed by atoms with Crippen molar-refractivity contribution >= 4 is 5.69 Å². The molecule has 0 radical (unpaired) electrons. The van der Waals surface area contributed by atoms with Crippen molar-refractivity contribution in [1.29, 1.82) is 0 Å². The Morgan fingerprint density at radius 1 is 1.21 bits per heavy atom. The van der Waals surface area contributed by atoms with Gasteiger partial charge in [0.2, 0.25) is 0 Å². The van der Waals surface area contributed by atoms with Crippen molar-refractivity contribution in [3.63, 3.8) is 0 Å². The molecule has 0 spiro atoms. The van der Waals surface area contributed by atoms with E-state index in [9.17, 15) is 0 Å². The molecule has 1 atom stereocenters. The number of aryl methyl sites for hydroxylation is 1. The van der Waals surface area contributed by atoms with E-state index < -0.39 is 0 Å². The Morgan fingerprint density at radius 3 is 2.95 bits per heavy atom. The fraction of sp³-hybridized carbons (Fsp3) is 0.647. The molecular formula is C17H26N2. The Balaban J connectivity index is 1.80. The van der Waals surface area contributed by atoms with E-state index >= 15 is 0 Å². The van der Waals surface area contributed by atoms with Gasteiger partial charge < -0.3 is 10.2 Å². The number of hydrogen-bond acceptors (Lipinski definition) is 2. The summed E-state index contributed by atoms with van der Waals surface area (Å²) in [5.41, 5.74) is 3.48. The van der Waals surface area contributed by atoms with Crippen molar-refractivity contribution in [2.75, 3.05) is 31.1 Å². The molecule has 0 amide bonds. The van der Waals surface area contributed by atoms with Gasteiger partial charge in [0.1, 0.15) is 0 Å². The minimum Gasteiger partial charge on any atom is -0.371 e. The van der Waals surface area contributed by atoms with Gasteiger partial charge in [-0.15, -0.1) is 0 Å². The number of nitrogens with zero attached hydrogens (tertiary/aromatic N) is 1. The Morgan fingerprint density at radius 2 is 2.11 bits per heavy atom. The van der Waals surface area contributed by atoms with Crippen LogP contribution in [0.2, 0.25) is 0 Å². The normalized spacial score (nSPS) is 27.7. The van der Waals surface area contributed by atoms with Gasteiger partial charge in [-0.25, -0.2) is 0 Å². The summed E-state index contributed by atoms with van der Waals surface area (Å²) in [6, 6.07) is 9.01. The van der Waals surface area contributed by atoms with Gasteiger partial charge in [-0.2, -0.15) is 0 Å². The lowest BCUT2D eigenvalue weighted by Crippen LogP contribution is -2.46. The number of rotatable bonds is 2. The van der Waals surface area contributed by atoms with E-state index in [0.29, 0.717) is 5.41 Å². The van der Waals surface area contributed by atoms with Gasteiger partial charge in [-0.1, -0.05) is 25.1 Å². The molecule has 3 rings (SSSR count). The highest BCUT2D eigenvalue weighted by atomic mass is 15.1. The molecule has 2 nitrogen and oxygen atoms in total. The van der Waals surface area contributed by atoms with E-state index in [1.54, 1.807) is 5.56 Å². The smallest absolute Gasteiger partial charge is 0.0398 e. The second kappa shape index (κ2) is 5.54. The molecule has 2 heteroatoms. The van der Waals surface area contributed by atoms with Crippen LogP contribution in [-0.2, 0) is 6.42 Å². The van der Waals surface area contributed by atoms with Gasteiger partial charge in [0.25, 0.3) is 0 Å². The first kappa shape index (κ1) is 13.0. The number of anilines is 1. The summed E-state index contributed by atoms with van der Waals surface area (Å²) >= 11 is 0. The zero-order valence-electron chi connectivity index (χ0n) is 12.1. The highest BCUT2D eigenvalue weighted by Crippen LogP contribution is 2.32. The zero-order chi connectivity index (χ0) is 13.1. The van der Waals surface area contributed by atoms with Crippen molar-refractivity contribution in [3.05, 3.63) is 29.8 Å². The average Bonchev–Trinajstić information content (AvgIpc) is 2.62. The van der Waals surface area contributed by atoms with Gasteiger partial charge >= 0.3 is 0 Å². The predicted molar refractivity (Wildman–Crippen MR) is 81.8 cm³/mol. The number of piperidine rings is 1. The molecule has 0 bridgehead atoms. The summed E-state index contributed by atoms with van der Waals surface area (Å²) in [6.45, 7) is 7.26. The minimum absolute atomic E-state index is 0.440. The van der Waals surface area contributed by atoms with Gasteiger partial charge in [-0.3, -0.25) is 0 Å². The molecular weight excluding hydrogens is 232 g/mol. The quantitative estimate of drug-likeness (QED) is 0.876. The van der Waals surface area contributed by atoms with Crippen LogP contribution in [0.15, 0.2) is 24.3 Å². The van der Waals surface area contributed by atoms with Gasteiger partial charge in [0, 0.05) is 25.3 Å². The predicted octanol–water partition coefficient (Wildman–Crippen LogP) is 3.22. The summed E-state index contributed by atoms with van der Waals surface area (Å²) < 4.78 is 0. The summed E-state index contributed by atoms with van der Waals surface area (Å²) in [7, 11) is 0. The molecule has 104 valence electrons. The third-order valence-electron chi connectivity index (χ3n) is 4.71. The first-order valence-corrected chi connectivity index (χ1v) is 7.80. The number of hydrogen-bond donors (Lipinski definition) is 1. The van der Waals surface area contributed by atoms with Crippen LogP contribution in [0.5, 0.6) is 0 Å². The Kier molecular flexibility index (Phi) is 3.79. The molecule has 1 aromatic carbocycles. The van der Waals surface area contributed by atoms with E-state index in [-0.39, 0.29) is 0 Å². The van der Waals surface area contributed by atoms with Crippen LogP contribution in [0.4, 0.5) is 5.69 Å². The van der Waals surface area contributed by atoms with Crippen LogP contribution in [-0.4, -0.2) is 26.2 Å². The Bertz CT molecular complexity index is 421. The SMILES string of the molecule is CC1(CN2CCCCc3ccccc32)CCCNC1.